The topological polar surface area (TPSA) is 42.1 Å². The van der Waals surface area contributed by atoms with Gasteiger partial charge >= 0.3 is 0 Å². The average Bonchev–Trinajstić information content (AvgIpc) is 2.99. The van der Waals surface area contributed by atoms with Gasteiger partial charge in [0.25, 0.3) is 0 Å². The number of thiazole rings is 1. The monoisotopic (exact) mass is 305 g/mol. The van der Waals surface area contributed by atoms with Crippen LogP contribution in [-0.4, -0.2) is 11.0 Å². The molecule has 1 saturated carbocycles. The second-order valence-corrected chi connectivity index (χ2v) is 7.59. The standard InChI is InChI=1S/C15H19N3S2/c16-12-2-1-3-13-14(12)20-15(17-13)18(11-4-5-11)8-10-6-7-19-9-10/h6-7,9,11-12H,1-5,8,16H2. The third-order valence-electron chi connectivity index (χ3n) is 4.15. The molecule has 0 aromatic carbocycles. The highest BCUT2D eigenvalue weighted by Crippen LogP contribution is 2.40. The highest BCUT2D eigenvalue weighted by molar-refractivity contribution is 7.15. The number of rotatable bonds is 4. The SMILES string of the molecule is NC1CCCc2nc(N(Cc3ccsc3)C3CC3)sc21. The fourth-order valence-electron chi connectivity index (χ4n) is 2.88. The molecular weight excluding hydrogens is 286 g/mol. The summed E-state index contributed by atoms with van der Waals surface area (Å²) in [6.07, 6.45) is 6.02. The van der Waals surface area contributed by atoms with E-state index in [1.807, 2.05) is 11.3 Å². The first-order chi connectivity index (χ1) is 9.81. The average molecular weight is 305 g/mol. The van der Waals surface area contributed by atoms with Crippen molar-refractivity contribution in [2.45, 2.75) is 50.7 Å². The predicted octanol–water partition coefficient (Wildman–Crippen LogP) is 3.71. The van der Waals surface area contributed by atoms with Gasteiger partial charge < -0.3 is 10.6 Å². The van der Waals surface area contributed by atoms with Crippen molar-refractivity contribution in [1.82, 2.24) is 4.98 Å². The molecular formula is C15H19N3S2. The predicted molar refractivity (Wildman–Crippen MR) is 85.5 cm³/mol. The van der Waals surface area contributed by atoms with E-state index in [4.69, 9.17) is 10.7 Å². The van der Waals surface area contributed by atoms with Crippen molar-refractivity contribution in [3.05, 3.63) is 33.0 Å². The molecule has 2 aromatic heterocycles. The summed E-state index contributed by atoms with van der Waals surface area (Å²) in [5, 5.41) is 5.60. The van der Waals surface area contributed by atoms with E-state index in [0.29, 0.717) is 6.04 Å². The first-order valence-electron chi connectivity index (χ1n) is 7.34. The van der Waals surface area contributed by atoms with Crippen molar-refractivity contribution < 1.29 is 0 Å². The van der Waals surface area contributed by atoms with E-state index in [1.54, 1.807) is 11.3 Å². The van der Waals surface area contributed by atoms with Crippen molar-refractivity contribution in [3.63, 3.8) is 0 Å². The summed E-state index contributed by atoms with van der Waals surface area (Å²) in [6, 6.07) is 3.13. The lowest BCUT2D eigenvalue weighted by Gasteiger charge is -2.20. The number of hydrogen-bond donors (Lipinski definition) is 1. The molecule has 1 unspecified atom stereocenters. The molecule has 2 heterocycles. The van der Waals surface area contributed by atoms with E-state index in [1.165, 1.54) is 40.5 Å². The van der Waals surface area contributed by atoms with Gasteiger partial charge in [0.2, 0.25) is 0 Å². The summed E-state index contributed by atoms with van der Waals surface area (Å²) in [6.45, 7) is 0.996. The molecule has 1 atom stereocenters. The molecule has 0 amide bonds. The van der Waals surface area contributed by atoms with E-state index in [2.05, 4.69) is 21.7 Å². The molecule has 2 aromatic rings. The number of thiophene rings is 1. The van der Waals surface area contributed by atoms with E-state index >= 15 is 0 Å². The number of aromatic nitrogens is 1. The molecule has 2 aliphatic carbocycles. The van der Waals surface area contributed by atoms with Crippen LogP contribution < -0.4 is 10.6 Å². The van der Waals surface area contributed by atoms with Crippen LogP contribution in [0.5, 0.6) is 0 Å². The fourth-order valence-corrected chi connectivity index (χ4v) is 4.76. The third-order valence-corrected chi connectivity index (χ3v) is 6.15. The van der Waals surface area contributed by atoms with Gasteiger partial charge in [-0.05, 0) is 54.5 Å². The summed E-state index contributed by atoms with van der Waals surface area (Å²) in [4.78, 5) is 8.74. The smallest absolute Gasteiger partial charge is 0.186 e. The zero-order valence-corrected chi connectivity index (χ0v) is 13.1. The quantitative estimate of drug-likeness (QED) is 0.936. The Labute approximate surface area is 127 Å². The number of anilines is 1. The molecule has 0 aliphatic heterocycles. The molecule has 0 spiro atoms. The van der Waals surface area contributed by atoms with Crippen molar-refractivity contribution >= 4 is 27.8 Å². The van der Waals surface area contributed by atoms with Crippen LogP contribution in [0.2, 0.25) is 0 Å². The normalized spacial score (nSPS) is 21.8. The van der Waals surface area contributed by atoms with Gasteiger partial charge in [-0.1, -0.05) is 11.3 Å². The Morgan fingerprint density at radius 2 is 2.25 bits per heavy atom. The van der Waals surface area contributed by atoms with Crippen LogP contribution in [0.15, 0.2) is 16.8 Å². The lowest BCUT2D eigenvalue weighted by molar-refractivity contribution is 0.573. The van der Waals surface area contributed by atoms with Crippen molar-refractivity contribution in [2.75, 3.05) is 4.90 Å². The van der Waals surface area contributed by atoms with E-state index < -0.39 is 0 Å². The molecule has 4 rings (SSSR count). The van der Waals surface area contributed by atoms with Crippen molar-refractivity contribution in [3.8, 4) is 0 Å². The number of aryl methyl sites for hydroxylation is 1. The van der Waals surface area contributed by atoms with Crippen LogP contribution >= 0.6 is 22.7 Å². The summed E-state index contributed by atoms with van der Waals surface area (Å²) in [5.74, 6) is 0. The van der Waals surface area contributed by atoms with Gasteiger partial charge in [0.15, 0.2) is 5.13 Å². The Morgan fingerprint density at radius 1 is 1.35 bits per heavy atom. The van der Waals surface area contributed by atoms with Crippen LogP contribution in [0.3, 0.4) is 0 Å². The minimum absolute atomic E-state index is 0.215. The largest absolute Gasteiger partial charge is 0.341 e. The van der Waals surface area contributed by atoms with Gasteiger partial charge in [0.05, 0.1) is 5.69 Å². The first kappa shape index (κ1) is 12.8. The highest BCUT2D eigenvalue weighted by atomic mass is 32.1. The molecule has 106 valence electrons. The van der Waals surface area contributed by atoms with Crippen LogP contribution in [0.1, 0.15) is 47.9 Å². The summed E-state index contributed by atoms with van der Waals surface area (Å²) < 4.78 is 0. The first-order valence-corrected chi connectivity index (χ1v) is 9.10. The number of fused-ring (bicyclic) bond motifs is 1. The van der Waals surface area contributed by atoms with Crippen molar-refractivity contribution in [1.29, 1.82) is 0 Å². The van der Waals surface area contributed by atoms with Crippen LogP contribution in [0, 0.1) is 0 Å². The van der Waals surface area contributed by atoms with E-state index in [-0.39, 0.29) is 6.04 Å². The maximum atomic E-state index is 6.24. The second kappa shape index (κ2) is 5.13. The molecule has 5 heteroatoms. The molecule has 0 saturated heterocycles. The maximum Gasteiger partial charge on any atom is 0.186 e. The minimum atomic E-state index is 0.215. The molecule has 0 radical (unpaired) electrons. The van der Waals surface area contributed by atoms with Gasteiger partial charge in [0, 0.05) is 23.5 Å². The van der Waals surface area contributed by atoms with Gasteiger partial charge in [-0.3, -0.25) is 0 Å². The van der Waals surface area contributed by atoms with Crippen molar-refractivity contribution in [2.24, 2.45) is 5.73 Å². The van der Waals surface area contributed by atoms with Crippen LogP contribution in [0.4, 0.5) is 5.13 Å². The summed E-state index contributed by atoms with van der Waals surface area (Å²) in [5.41, 5.74) is 8.91. The Kier molecular flexibility index (Phi) is 3.28. The molecule has 2 N–H and O–H groups in total. The van der Waals surface area contributed by atoms with Gasteiger partial charge in [0.1, 0.15) is 0 Å². The fraction of sp³-hybridized carbons (Fsp3) is 0.533. The minimum Gasteiger partial charge on any atom is -0.341 e. The Balaban J connectivity index is 1.63. The third kappa shape index (κ3) is 2.38. The second-order valence-electron chi connectivity index (χ2n) is 5.80. The van der Waals surface area contributed by atoms with Crippen LogP contribution in [-0.2, 0) is 13.0 Å². The van der Waals surface area contributed by atoms with Gasteiger partial charge in [-0.25, -0.2) is 4.98 Å². The molecule has 20 heavy (non-hydrogen) atoms. The highest BCUT2D eigenvalue weighted by Gasteiger charge is 2.33. The summed E-state index contributed by atoms with van der Waals surface area (Å²) in [7, 11) is 0. The van der Waals surface area contributed by atoms with E-state index in [9.17, 15) is 0 Å². The lowest BCUT2D eigenvalue weighted by atomic mass is 9.99. The van der Waals surface area contributed by atoms with Gasteiger partial charge in [-0.15, -0.1) is 0 Å². The molecule has 2 aliphatic rings. The maximum absolute atomic E-state index is 6.24. The Hall–Kier alpha value is -0.910. The summed E-state index contributed by atoms with van der Waals surface area (Å²) >= 11 is 3.61. The number of nitrogens with two attached hydrogens (primary N) is 1. The van der Waals surface area contributed by atoms with Crippen LogP contribution in [0.25, 0.3) is 0 Å². The lowest BCUT2D eigenvalue weighted by Crippen LogP contribution is -2.24. The van der Waals surface area contributed by atoms with E-state index in [0.717, 1.165) is 19.4 Å². The zero-order valence-electron chi connectivity index (χ0n) is 11.4. The number of nitrogens with zero attached hydrogens (tertiary/aromatic N) is 2. The van der Waals surface area contributed by atoms with Gasteiger partial charge in [-0.2, -0.15) is 11.3 Å². The Bertz CT molecular complexity index is 586. The molecule has 3 nitrogen and oxygen atoms in total. The Morgan fingerprint density at radius 3 is 2.95 bits per heavy atom. The number of hydrogen-bond acceptors (Lipinski definition) is 5. The molecule has 1 fully saturated rings. The molecule has 0 bridgehead atoms. The zero-order chi connectivity index (χ0) is 13.5.